The fourth-order valence-electron chi connectivity index (χ4n) is 3.10. The fraction of sp³-hybridized carbons (Fsp3) is 0.583. The van der Waals surface area contributed by atoms with Crippen LogP contribution in [-0.2, 0) is 10.0 Å². The van der Waals surface area contributed by atoms with E-state index in [1.54, 1.807) is 0 Å². The molecule has 19 heavy (non-hydrogen) atoms. The zero-order valence-electron chi connectivity index (χ0n) is 10.3. The van der Waals surface area contributed by atoms with E-state index >= 15 is 0 Å². The van der Waals surface area contributed by atoms with Gasteiger partial charge in [0.1, 0.15) is 4.88 Å². The van der Waals surface area contributed by atoms with Crippen LogP contribution in [0.5, 0.6) is 0 Å². The lowest BCUT2D eigenvalue weighted by Gasteiger charge is -2.16. The predicted octanol–water partition coefficient (Wildman–Crippen LogP) is 1.87. The molecule has 2 unspecified atom stereocenters. The Morgan fingerprint density at radius 2 is 1.95 bits per heavy atom. The van der Waals surface area contributed by atoms with E-state index in [0.717, 1.165) is 24.2 Å². The molecular formula is C12H15NO4S2. The first kappa shape index (κ1) is 13.1. The Morgan fingerprint density at radius 1 is 1.32 bits per heavy atom. The van der Waals surface area contributed by atoms with Crippen molar-refractivity contribution in [3.05, 3.63) is 16.3 Å². The number of hydrogen-bond acceptors (Lipinski definition) is 4. The Kier molecular flexibility index (Phi) is 3.15. The lowest BCUT2D eigenvalue weighted by atomic mass is 10.0. The summed E-state index contributed by atoms with van der Waals surface area (Å²) in [6.45, 7) is 1.18. The molecule has 1 aromatic heterocycles. The third-order valence-corrected chi connectivity index (χ3v) is 6.99. The summed E-state index contributed by atoms with van der Waals surface area (Å²) in [4.78, 5) is 11.0. The van der Waals surface area contributed by atoms with Gasteiger partial charge in [0.15, 0.2) is 0 Å². The lowest BCUT2D eigenvalue weighted by Crippen LogP contribution is -2.29. The van der Waals surface area contributed by atoms with Crippen molar-refractivity contribution in [3.8, 4) is 0 Å². The molecular weight excluding hydrogens is 286 g/mol. The second kappa shape index (κ2) is 4.57. The average molecular weight is 301 g/mol. The molecule has 2 aliphatic rings. The maximum absolute atomic E-state index is 12.4. The SMILES string of the molecule is O=C(O)c1cc(S(=O)(=O)N2CC3CCCC3C2)cs1. The normalized spacial score (nSPS) is 27.6. The van der Waals surface area contributed by atoms with E-state index in [2.05, 4.69) is 0 Å². The van der Waals surface area contributed by atoms with Crippen molar-refractivity contribution < 1.29 is 18.3 Å². The minimum absolute atomic E-state index is 0.0676. The third-order valence-electron chi connectivity index (χ3n) is 4.12. The molecule has 1 saturated carbocycles. The molecule has 0 aromatic carbocycles. The average Bonchev–Trinajstić information content (AvgIpc) is 3.04. The van der Waals surface area contributed by atoms with Gasteiger partial charge >= 0.3 is 5.97 Å². The van der Waals surface area contributed by atoms with Gasteiger partial charge in [-0.25, -0.2) is 13.2 Å². The van der Waals surface area contributed by atoms with E-state index in [9.17, 15) is 13.2 Å². The number of rotatable bonds is 3. The van der Waals surface area contributed by atoms with Gasteiger partial charge in [0.2, 0.25) is 10.0 Å². The second-order valence-electron chi connectivity index (χ2n) is 5.22. The molecule has 0 amide bonds. The molecule has 2 atom stereocenters. The maximum atomic E-state index is 12.4. The van der Waals surface area contributed by atoms with Crippen molar-refractivity contribution >= 4 is 27.3 Å². The summed E-state index contributed by atoms with van der Waals surface area (Å²) in [5.41, 5.74) is 0. The number of hydrogen-bond donors (Lipinski definition) is 1. The molecule has 1 aliphatic heterocycles. The molecule has 1 N–H and O–H groups in total. The van der Waals surface area contributed by atoms with Crippen LogP contribution in [0.25, 0.3) is 0 Å². The zero-order chi connectivity index (χ0) is 13.6. The summed E-state index contributed by atoms with van der Waals surface area (Å²) in [7, 11) is -3.51. The van der Waals surface area contributed by atoms with Gasteiger partial charge in [0.25, 0.3) is 0 Å². The van der Waals surface area contributed by atoms with Gasteiger partial charge in [-0.3, -0.25) is 0 Å². The van der Waals surface area contributed by atoms with Crippen LogP contribution in [-0.4, -0.2) is 36.9 Å². The quantitative estimate of drug-likeness (QED) is 0.925. The molecule has 0 spiro atoms. The second-order valence-corrected chi connectivity index (χ2v) is 8.07. The van der Waals surface area contributed by atoms with Gasteiger partial charge < -0.3 is 5.11 Å². The van der Waals surface area contributed by atoms with E-state index in [1.807, 2.05) is 0 Å². The van der Waals surface area contributed by atoms with Gasteiger partial charge in [-0.05, 0) is 30.7 Å². The molecule has 104 valence electrons. The van der Waals surface area contributed by atoms with E-state index < -0.39 is 16.0 Å². The first-order valence-electron chi connectivity index (χ1n) is 6.30. The maximum Gasteiger partial charge on any atom is 0.345 e. The molecule has 0 bridgehead atoms. The number of carboxylic acid groups (broad SMARTS) is 1. The summed E-state index contributed by atoms with van der Waals surface area (Å²) in [5, 5.41) is 10.3. The van der Waals surface area contributed by atoms with Crippen molar-refractivity contribution in [1.29, 1.82) is 0 Å². The summed E-state index contributed by atoms with van der Waals surface area (Å²) in [5.74, 6) is -0.0931. The van der Waals surface area contributed by atoms with Crippen LogP contribution in [0.3, 0.4) is 0 Å². The van der Waals surface area contributed by atoms with E-state index in [0.29, 0.717) is 24.9 Å². The molecule has 1 aromatic rings. The first-order chi connectivity index (χ1) is 8.98. The highest BCUT2D eigenvalue weighted by Gasteiger charge is 2.41. The van der Waals surface area contributed by atoms with Crippen molar-refractivity contribution in [2.45, 2.75) is 24.2 Å². The summed E-state index contributed by atoms with van der Waals surface area (Å²) in [6, 6.07) is 1.26. The number of sulfonamides is 1. The number of nitrogens with zero attached hydrogens (tertiary/aromatic N) is 1. The topological polar surface area (TPSA) is 74.7 Å². The Balaban J connectivity index is 1.84. The zero-order valence-corrected chi connectivity index (χ0v) is 11.9. The van der Waals surface area contributed by atoms with E-state index in [-0.39, 0.29) is 9.77 Å². The van der Waals surface area contributed by atoms with Crippen LogP contribution < -0.4 is 0 Å². The molecule has 1 aliphatic carbocycles. The van der Waals surface area contributed by atoms with E-state index in [1.165, 1.54) is 22.2 Å². The Bertz CT molecular complexity index is 595. The highest BCUT2D eigenvalue weighted by atomic mass is 32.2. The largest absolute Gasteiger partial charge is 0.477 e. The van der Waals surface area contributed by atoms with Gasteiger partial charge in [-0.2, -0.15) is 4.31 Å². The Labute approximate surface area is 115 Å². The lowest BCUT2D eigenvalue weighted by molar-refractivity contribution is 0.0702. The number of fused-ring (bicyclic) bond motifs is 1. The van der Waals surface area contributed by atoms with Crippen LogP contribution >= 0.6 is 11.3 Å². The van der Waals surface area contributed by atoms with Crippen LogP contribution in [0.2, 0.25) is 0 Å². The predicted molar refractivity (Wildman–Crippen MR) is 70.9 cm³/mol. The highest BCUT2D eigenvalue weighted by Crippen LogP contribution is 2.40. The fourth-order valence-corrected chi connectivity index (χ4v) is 5.76. The summed E-state index contributed by atoms with van der Waals surface area (Å²) >= 11 is 0.959. The van der Waals surface area contributed by atoms with Crippen LogP contribution in [0, 0.1) is 11.8 Å². The molecule has 0 radical (unpaired) electrons. The molecule has 3 rings (SSSR count). The van der Waals surface area contributed by atoms with Gasteiger partial charge in [-0.15, -0.1) is 11.3 Å². The van der Waals surface area contributed by atoms with Gasteiger partial charge in [0.05, 0.1) is 4.90 Å². The van der Waals surface area contributed by atoms with Crippen molar-refractivity contribution in [2.24, 2.45) is 11.8 Å². The number of aromatic carboxylic acids is 1. The molecule has 5 nitrogen and oxygen atoms in total. The van der Waals surface area contributed by atoms with Crippen molar-refractivity contribution in [3.63, 3.8) is 0 Å². The molecule has 7 heteroatoms. The van der Waals surface area contributed by atoms with Crippen LogP contribution in [0.4, 0.5) is 0 Å². The van der Waals surface area contributed by atoms with Gasteiger partial charge in [-0.1, -0.05) is 6.42 Å². The monoisotopic (exact) mass is 301 g/mol. The van der Waals surface area contributed by atoms with Gasteiger partial charge in [0, 0.05) is 18.5 Å². The Morgan fingerprint density at radius 3 is 2.47 bits per heavy atom. The van der Waals surface area contributed by atoms with E-state index in [4.69, 9.17) is 5.11 Å². The molecule has 1 saturated heterocycles. The van der Waals surface area contributed by atoms with Crippen molar-refractivity contribution in [2.75, 3.05) is 13.1 Å². The van der Waals surface area contributed by atoms with Crippen molar-refractivity contribution in [1.82, 2.24) is 4.31 Å². The summed E-state index contributed by atoms with van der Waals surface area (Å²) in [6.07, 6.45) is 3.42. The standard InChI is InChI=1S/C12H15NO4S2/c14-12(15)11-4-10(7-18-11)19(16,17)13-5-8-2-1-3-9(8)6-13/h4,7-9H,1-3,5-6H2,(H,14,15). The Hall–Kier alpha value is -0.920. The number of thiophene rings is 1. The summed E-state index contributed by atoms with van der Waals surface area (Å²) < 4.78 is 26.4. The molecule has 2 fully saturated rings. The minimum atomic E-state index is -3.51. The minimum Gasteiger partial charge on any atom is -0.477 e. The smallest absolute Gasteiger partial charge is 0.345 e. The first-order valence-corrected chi connectivity index (χ1v) is 8.62. The highest BCUT2D eigenvalue weighted by molar-refractivity contribution is 7.89. The van der Waals surface area contributed by atoms with Crippen LogP contribution in [0.15, 0.2) is 16.3 Å². The molecule has 2 heterocycles. The van der Waals surface area contributed by atoms with Crippen LogP contribution in [0.1, 0.15) is 28.9 Å². The number of carboxylic acids is 1. The number of carbonyl (C=O) groups is 1. The third kappa shape index (κ3) is 2.19.